The van der Waals surface area contributed by atoms with Crippen molar-refractivity contribution in [2.24, 2.45) is 7.05 Å². The van der Waals surface area contributed by atoms with Gasteiger partial charge in [-0.3, -0.25) is 4.98 Å². The highest BCUT2D eigenvalue weighted by molar-refractivity contribution is 5.53. The highest BCUT2D eigenvalue weighted by Gasteiger charge is 2.03. The van der Waals surface area contributed by atoms with Gasteiger partial charge in [-0.1, -0.05) is 0 Å². The number of nitrogens with zero attached hydrogens (tertiary/aromatic N) is 4. The Bertz CT molecular complexity index is 402. The topological polar surface area (TPSA) is 43.6 Å². The van der Waals surface area contributed by atoms with Gasteiger partial charge in [0.15, 0.2) is 5.82 Å². The van der Waals surface area contributed by atoms with Gasteiger partial charge in [0.05, 0.1) is 0 Å². The molecule has 0 N–H and O–H groups in total. The van der Waals surface area contributed by atoms with Gasteiger partial charge in [-0.15, -0.1) is 10.2 Å². The van der Waals surface area contributed by atoms with Crippen LogP contribution in [0.1, 0.15) is 5.69 Å². The second kappa shape index (κ2) is 2.97. The molecular weight excluding hydrogens is 164 g/mol. The summed E-state index contributed by atoms with van der Waals surface area (Å²) in [5.41, 5.74) is 2.00. The van der Waals surface area contributed by atoms with Crippen molar-refractivity contribution in [3.63, 3.8) is 0 Å². The molecule has 2 aromatic heterocycles. The van der Waals surface area contributed by atoms with Gasteiger partial charge in [0, 0.05) is 24.5 Å². The molecule has 4 heteroatoms. The molecule has 0 aromatic carbocycles. The molecule has 2 heterocycles. The summed E-state index contributed by atoms with van der Waals surface area (Å²) in [5.74, 6) is 0.840. The zero-order valence-electron chi connectivity index (χ0n) is 7.60. The van der Waals surface area contributed by atoms with Crippen LogP contribution in [-0.2, 0) is 7.05 Å². The average molecular weight is 174 g/mol. The lowest BCUT2D eigenvalue weighted by molar-refractivity contribution is 0.918. The number of rotatable bonds is 1. The molecule has 0 unspecified atom stereocenters. The summed E-state index contributed by atoms with van der Waals surface area (Å²) in [6, 6.07) is 3.95. The summed E-state index contributed by atoms with van der Waals surface area (Å²) in [6.45, 7) is 1.96. The molecule has 0 saturated carbocycles. The molecule has 0 radical (unpaired) electrons. The molecular formula is C9H10N4. The lowest BCUT2D eigenvalue weighted by atomic mass is 10.2. The Morgan fingerprint density at radius 1 is 1.31 bits per heavy atom. The van der Waals surface area contributed by atoms with Crippen molar-refractivity contribution in [3.8, 4) is 11.4 Å². The van der Waals surface area contributed by atoms with Crippen molar-refractivity contribution in [2.45, 2.75) is 6.92 Å². The fourth-order valence-corrected chi connectivity index (χ4v) is 1.14. The van der Waals surface area contributed by atoms with Crippen LogP contribution in [0.15, 0.2) is 24.7 Å². The molecule has 0 atom stereocenters. The van der Waals surface area contributed by atoms with E-state index >= 15 is 0 Å². The van der Waals surface area contributed by atoms with Gasteiger partial charge < -0.3 is 4.57 Å². The third kappa shape index (κ3) is 1.42. The van der Waals surface area contributed by atoms with E-state index in [4.69, 9.17) is 0 Å². The number of hydrogen-bond acceptors (Lipinski definition) is 3. The third-order valence-corrected chi connectivity index (χ3v) is 1.88. The highest BCUT2D eigenvalue weighted by atomic mass is 15.2. The summed E-state index contributed by atoms with van der Waals surface area (Å²) in [6.07, 6.45) is 3.48. The highest BCUT2D eigenvalue weighted by Crippen LogP contribution is 2.13. The monoisotopic (exact) mass is 174 g/mol. The van der Waals surface area contributed by atoms with Crippen molar-refractivity contribution < 1.29 is 0 Å². The van der Waals surface area contributed by atoms with Gasteiger partial charge in [0.25, 0.3) is 0 Å². The van der Waals surface area contributed by atoms with Crippen molar-refractivity contribution in [1.82, 2.24) is 19.7 Å². The first-order valence-electron chi connectivity index (χ1n) is 4.04. The molecule has 0 amide bonds. The Morgan fingerprint density at radius 3 is 2.69 bits per heavy atom. The maximum Gasteiger partial charge on any atom is 0.165 e. The van der Waals surface area contributed by atoms with Crippen LogP contribution >= 0.6 is 0 Å². The van der Waals surface area contributed by atoms with Crippen LogP contribution in [0, 0.1) is 6.92 Å². The van der Waals surface area contributed by atoms with Crippen LogP contribution in [0.5, 0.6) is 0 Å². The van der Waals surface area contributed by atoms with E-state index in [1.807, 2.05) is 30.7 Å². The number of pyridine rings is 1. The molecule has 13 heavy (non-hydrogen) atoms. The van der Waals surface area contributed by atoms with Crippen LogP contribution in [0.4, 0.5) is 0 Å². The summed E-state index contributed by atoms with van der Waals surface area (Å²) in [5, 5.41) is 7.79. The predicted octanol–water partition coefficient (Wildman–Crippen LogP) is 1.19. The standard InChI is InChI=1S/C9H10N4/c1-7-3-4-8(5-10-7)9-12-11-6-13(9)2/h3-6H,1-2H3. The molecule has 0 spiro atoms. The van der Waals surface area contributed by atoms with Crippen LogP contribution in [0.2, 0.25) is 0 Å². The Labute approximate surface area is 76.3 Å². The van der Waals surface area contributed by atoms with E-state index in [1.54, 1.807) is 12.5 Å². The van der Waals surface area contributed by atoms with E-state index in [2.05, 4.69) is 15.2 Å². The maximum atomic E-state index is 4.20. The minimum atomic E-state index is 0.840. The predicted molar refractivity (Wildman–Crippen MR) is 49.0 cm³/mol. The molecule has 0 fully saturated rings. The second-order valence-corrected chi connectivity index (χ2v) is 2.95. The first-order valence-corrected chi connectivity index (χ1v) is 4.04. The average Bonchev–Trinajstić information content (AvgIpc) is 2.53. The zero-order chi connectivity index (χ0) is 9.26. The normalized spacial score (nSPS) is 10.3. The summed E-state index contributed by atoms with van der Waals surface area (Å²) < 4.78 is 1.87. The molecule has 2 aromatic rings. The van der Waals surface area contributed by atoms with Crippen LogP contribution < -0.4 is 0 Å². The largest absolute Gasteiger partial charge is 0.317 e. The van der Waals surface area contributed by atoms with Gasteiger partial charge >= 0.3 is 0 Å². The fraction of sp³-hybridized carbons (Fsp3) is 0.222. The molecule has 0 aliphatic heterocycles. The molecule has 0 aliphatic carbocycles. The Balaban J connectivity index is 2.47. The van der Waals surface area contributed by atoms with E-state index in [-0.39, 0.29) is 0 Å². The molecule has 0 saturated heterocycles. The SMILES string of the molecule is Cc1ccc(-c2nncn2C)cn1. The van der Waals surface area contributed by atoms with Crippen LogP contribution in [0.3, 0.4) is 0 Å². The number of aryl methyl sites for hydroxylation is 2. The minimum Gasteiger partial charge on any atom is -0.317 e. The van der Waals surface area contributed by atoms with E-state index in [9.17, 15) is 0 Å². The van der Waals surface area contributed by atoms with Crippen molar-refractivity contribution in [2.75, 3.05) is 0 Å². The lowest BCUT2D eigenvalue weighted by Gasteiger charge is -1.99. The smallest absolute Gasteiger partial charge is 0.165 e. The molecule has 2 rings (SSSR count). The lowest BCUT2D eigenvalue weighted by Crippen LogP contribution is -1.92. The van der Waals surface area contributed by atoms with Crippen molar-refractivity contribution in [3.05, 3.63) is 30.4 Å². The van der Waals surface area contributed by atoms with Gasteiger partial charge in [-0.25, -0.2) is 0 Å². The Morgan fingerprint density at radius 2 is 2.15 bits per heavy atom. The summed E-state index contributed by atoms with van der Waals surface area (Å²) in [7, 11) is 1.91. The number of hydrogen-bond donors (Lipinski definition) is 0. The summed E-state index contributed by atoms with van der Waals surface area (Å²) >= 11 is 0. The van der Waals surface area contributed by atoms with Gasteiger partial charge in [0.2, 0.25) is 0 Å². The molecule has 4 nitrogen and oxygen atoms in total. The van der Waals surface area contributed by atoms with E-state index in [1.165, 1.54) is 0 Å². The van der Waals surface area contributed by atoms with Crippen LogP contribution in [-0.4, -0.2) is 19.7 Å². The van der Waals surface area contributed by atoms with Gasteiger partial charge in [-0.2, -0.15) is 0 Å². The first-order chi connectivity index (χ1) is 6.27. The Kier molecular flexibility index (Phi) is 1.81. The maximum absolute atomic E-state index is 4.20. The Hall–Kier alpha value is -1.71. The quantitative estimate of drug-likeness (QED) is 0.652. The summed E-state index contributed by atoms with van der Waals surface area (Å²) in [4.78, 5) is 4.20. The molecule has 0 aliphatic rings. The molecule has 66 valence electrons. The van der Waals surface area contributed by atoms with E-state index in [0.717, 1.165) is 17.1 Å². The minimum absolute atomic E-state index is 0.840. The van der Waals surface area contributed by atoms with Gasteiger partial charge in [0.1, 0.15) is 6.33 Å². The number of aromatic nitrogens is 4. The second-order valence-electron chi connectivity index (χ2n) is 2.95. The van der Waals surface area contributed by atoms with Crippen molar-refractivity contribution >= 4 is 0 Å². The van der Waals surface area contributed by atoms with E-state index < -0.39 is 0 Å². The first kappa shape index (κ1) is 7.91. The third-order valence-electron chi connectivity index (χ3n) is 1.88. The van der Waals surface area contributed by atoms with Crippen molar-refractivity contribution in [1.29, 1.82) is 0 Å². The van der Waals surface area contributed by atoms with Gasteiger partial charge in [-0.05, 0) is 19.1 Å². The van der Waals surface area contributed by atoms with Crippen LogP contribution in [0.25, 0.3) is 11.4 Å². The molecule has 0 bridgehead atoms. The zero-order valence-corrected chi connectivity index (χ0v) is 7.60. The van der Waals surface area contributed by atoms with E-state index in [0.29, 0.717) is 0 Å². The fourth-order valence-electron chi connectivity index (χ4n) is 1.14.